The number of carbonyl (C=O) groups is 3. The molecule has 5 nitrogen and oxygen atoms in total. The maximum absolute atomic E-state index is 13.6. The summed E-state index contributed by atoms with van der Waals surface area (Å²) >= 11 is 0. The molecule has 3 rings (SSSR count). The van der Waals surface area contributed by atoms with Gasteiger partial charge in [-0.05, 0) is 49.2 Å². The maximum atomic E-state index is 13.6. The van der Waals surface area contributed by atoms with Crippen molar-refractivity contribution < 1.29 is 18.8 Å². The lowest BCUT2D eigenvalue weighted by atomic mass is 10.1. The zero-order chi connectivity index (χ0) is 19.4. The van der Waals surface area contributed by atoms with E-state index in [4.69, 9.17) is 0 Å². The van der Waals surface area contributed by atoms with E-state index in [0.29, 0.717) is 36.3 Å². The first-order valence-corrected chi connectivity index (χ1v) is 8.88. The average molecular weight is 368 g/mol. The fourth-order valence-corrected chi connectivity index (χ4v) is 3.17. The van der Waals surface area contributed by atoms with Crippen LogP contribution in [0.1, 0.15) is 29.3 Å². The van der Waals surface area contributed by atoms with Crippen molar-refractivity contribution in [3.63, 3.8) is 0 Å². The number of carbonyl (C=O) groups excluding carboxylic acids is 3. The highest BCUT2D eigenvalue weighted by molar-refractivity contribution is 6.01. The summed E-state index contributed by atoms with van der Waals surface area (Å²) in [4.78, 5) is 37.5. The van der Waals surface area contributed by atoms with E-state index >= 15 is 0 Å². The molecule has 0 radical (unpaired) electrons. The van der Waals surface area contributed by atoms with Gasteiger partial charge in [-0.2, -0.15) is 0 Å². The van der Waals surface area contributed by atoms with Gasteiger partial charge in [0.05, 0.1) is 5.92 Å². The Balaban J connectivity index is 1.55. The van der Waals surface area contributed by atoms with Crippen molar-refractivity contribution in [3.05, 3.63) is 65.5 Å². The van der Waals surface area contributed by atoms with E-state index in [0.717, 1.165) is 0 Å². The lowest BCUT2D eigenvalue weighted by Crippen LogP contribution is -2.34. The number of nitrogens with zero attached hydrogens (tertiary/aromatic N) is 1. The summed E-state index contributed by atoms with van der Waals surface area (Å²) in [5, 5.41) is 2.79. The second-order valence-electron chi connectivity index (χ2n) is 6.64. The van der Waals surface area contributed by atoms with Gasteiger partial charge >= 0.3 is 0 Å². The van der Waals surface area contributed by atoms with E-state index < -0.39 is 5.92 Å². The van der Waals surface area contributed by atoms with Gasteiger partial charge in [0.15, 0.2) is 5.78 Å². The van der Waals surface area contributed by atoms with Crippen LogP contribution in [-0.4, -0.2) is 30.7 Å². The molecule has 1 atom stereocenters. The van der Waals surface area contributed by atoms with Gasteiger partial charge in [-0.25, -0.2) is 4.39 Å². The van der Waals surface area contributed by atoms with Crippen molar-refractivity contribution in [2.24, 2.45) is 5.92 Å². The molecular formula is C21H21FN2O3. The first-order valence-electron chi connectivity index (χ1n) is 8.88. The standard InChI is InChI=1S/C21H21FN2O3/c1-14(25)15-6-8-18(9-7-15)24-13-17(12-20(24)26)21(27)23-11-10-16-4-2-3-5-19(16)22/h2-9,17H,10-13H2,1H3,(H,23,27). The fraction of sp³-hybridized carbons (Fsp3) is 0.286. The summed E-state index contributed by atoms with van der Waals surface area (Å²) < 4.78 is 13.6. The van der Waals surface area contributed by atoms with Crippen LogP contribution in [0.15, 0.2) is 48.5 Å². The molecule has 0 aromatic heterocycles. The number of ketones is 1. The first kappa shape index (κ1) is 18.8. The number of benzene rings is 2. The Morgan fingerprint density at radius 2 is 1.85 bits per heavy atom. The molecule has 2 aromatic rings. The Morgan fingerprint density at radius 1 is 1.15 bits per heavy atom. The zero-order valence-corrected chi connectivity index (χ0v) is 15.1. The van der Waals surface area contributed by atoms with Gasteiger partial charge in [-0.15, -0.1) is 0 Å². The first-order chi connectivity index (χ1) is 13.0. The van der Waals surface area contributed by atoms with Crippen LogP contribution in [0, 0.1) is 11.7 Å². The summed E-state index contributed by atoms with van der Waals surface area (Å²) in [5.74, 6) is -1.10. The van der Waals surface area contributed by atoms with Crippen LogP contribution < -0.4 is 10.2 Å². The average Bonchev–Trinajstić information content (AvgIpc) is 3.05. The molecular weight excluding hydrogens is 347 g/mol. The van der Waals surface area contributed by atoms with E-state index in [2.05, 4.69) is 5.32 Å². The molecule has 27 heavy (non-hydrogen) atoms. The van der Waals surface area contributed by atoms with Crippen molar-refractivity contribution >= 4 is 23.3 Å². The van der Waals surface area contributed by atoms with Gasteiger partial charge in [0.2, 0.25) is 11.8 Å². The van der Waals surface area contributed by atoms with Crippen LogP contribution in [0.2, 0.25) is 0 Å². The zero-order valence-electron chi connectivity index (χ0n) is 15.1. The van der Waals surface area contributed by atoms with E-state index in [9.17, 15) is 18.8 Å². The van der Waals surface area contributed by atoms with Crippen LogP contribution in [0.25, 0.3) is 0 Å². The molecule has 140 valence electrons. The van der Waals surface area contributed by atoms with Gasteiger partial charge in [0, 0.05) is 30.8 Å². The summed E-state index contributed by atoms with van der Waals surface area (Å²) in [6, 6.07) is 13.2. The third-order valence-electron chi connectivity index (χ3n) is 4.73. The molecule has 1 fully saturated rings. The predicted molar refractivity (Wildman–Crippen MR) is 100 cm³/mol. The highest BCUT2D eigenvalue weighted by Gasteiger charge is 2.34. The van der Waals surface area contributed by atoms with Crippen molar-refractivity contribution in [1.29, 1.82) is 0 Å². The molecule has 1 heterocycles. The van der Waals surface area contributed by atoms with Gasteiger partial charge in [0.1, 0.15) is 5.82 Å². The van der Waals surface area contributed by atoms with E-state index in [-0.39, 0.29) is 29.8 Å². The molecule has 6 heteroatoms. The molecule has 1 saturated heterocycles. The third-order valence-corrected chi connectivity index (χ3v) is 4.73. The smallest absolute Gasteiger partial charge is 0.227 e. The van der Waals surface area contributed by atoms with E-state index in [1.165, 1.54) is 13.0 Å². The molecule has 1 N–H and O–H groups in total. The Morgan fingerprint density at radius 3 is 2.52 bits per heavy atom. The molecule has 2 aromatic carbocycles. The monoisotopic (exact) mass is 368 g/mol. The lowest BCUT2D eigenvalue weighted by Gasteiger charge is -2.17. The molecule has 1 aliphatic heterocycles. The topological polar surface area (TPSA) is 66.5 Å². The van der Waals surface area contributed by atoms with Gasteiger partial charge < -0.3 is 10.2 Å². The molecule has 0 aliphatic carbocycles. The molecule has 0 spiro atoms. The van der Waals surface area contributed by atoms with Crippen LogP contribution >= 0.6 is 0 Å². The minimum absolute atomic E-state index is 0.0404. The van der Waals surface area contributed by atoms with Gasteiger partial charge in [-0.1, -0.05) is 18.2 Å². The predicted octanol–water partition coefficient (Wildman–Crippen LogP) is 2.74. The summed E-state index contributed by atoms with van der Waals surface area (Å²) in [7, 11) is 0. The van der Waals surface area contributed by atoms with Crippen LogP contribution in [0.3, 0.4) is 0 Å². The Labute approximate surface area is 157 Å². The molecule has 0 saturated carbocycles. The third kappa shape index (κ3) is 4.39. The number of nitrogens with one attached hydrogen (secondary N) is 1. The van der Waals surface area contributed by atoms with Gasteiger partial charge in [0.25, 0.3) is 0 Å². The summed E-state index contributed by atoms with van der Waals surface area (Å²) in [6.45, 7) is 2.10. The maximum Gasteiger partial charge on any atom is 0.227 e. The Bertz CT molecular complexity index is 864. The highest BCUT2D eigenvalue weighted by Crippen LogP contribution is 2.25. The van der Waals surface area contributed by atoms with Crippen molar-refractivity contribution in [2.75, 3.05) is 18.0 Å². The van der Waals surface area contributed by atoms with E-state index in [1.54, 1.807) is 47.4 Å². The number of hydrogen-bond acceptors (Lipinski definition) is 3. The Kier molecular flexibility index (Phi) is 5.64. The van der Waals surface area contributed by atoms with Crippen molar-refractivity contribution in [3.8, 4) is 0 Å². The largest absolute Gasteiger partial charge is 0.355 e. The number of hydrogen-bond donors (Lipinski definition) is 1. The van der Waals surface area contributed by atoms with E-state index in [1.807, 2.05) is 0 Å². The molecule has 2 amide bonds. The molecule has 1 unspecified atom stereocenters. The SMILES string of the molecule is CC(=O)c1ccc(N2CC(C(=O)NCCc3ccccc3F)CC2=O)cc1. The normalized spacial score (nSPS) is 16.4. The van der Waals surface area contributed by atoms with Crippen molar-refractivity contribution in [2.45, 2.75) is 19.8 Å². The summed E-state index contributed by atoms with van der Waals surface area (Å²) in [5.41, 5.74) is 1.80. The second kappa shape index (κ2) is 8.12. The van der Waals surface area contributed by atoms with Crippen LogP contribution in [0.5, 0.6) is 0 Å². The second-order valence-corrected chi connectivity index (χ2v) is 6.64. The highest BCUT2D eigenvalue weighted by atomic mass is 19.1. The quantitative estimate of drug-likeness (QED) is 0.798. The number of halogens is 1. The van der Waals surface area contributed by atoms with Gasteiger partial charge in [-0.3, -0.25) is 14.4 Å². The van der Waals surface area contributed by atoms with Crippen LogP contribution in [0.4, 0.5) is 10.1 Å². The fourth-order valence-electron chi connectivity index (χ4n) is 3.17. The van der Waals surface area contributed by atoms with Crippen LogP contribution in [-0.2, 0) is 16.0 Å². The molecule has 0 bridgehead atoms. The number of Topliss-reactive ketones (excluding diaryl/α,β-unsaturated/α-hetero) is 1. The van der Waals surface area contributed by atoms with Crippen molar-refractivity contribution in [1.82, 2.24) is 5.32 Å². The number of anilines is 1. The number of rotatable bonds is 6. The molecule has 1 aliphatic rings. The Hall–Kier alpha value is -3.02. The minimum Gasteiger partial charge on any atom is -0.355 e. The number of amides is 2. The lowest BCUT2D eigenvalue weighted by molar-refractivity contribution is -0.126. The minimum atomic E-state index is -0.439. The summed E-state index contributed by atoms with van der Waals surface area (Å²) in [6.07, 6.45) is 0.537.